The summed E-state index contributed by atoms with van der Waals surface area (Å²) in [6, 6.07) is 22.6. The molecule has 1 amide bonds. The van der Waals surface area contributed by atoms with Crippen molar-refractivity contribution in [3.63, 3.8) is 0 Å². The van der Waals surface area contributed by atoms with E-state index in [0.717, 1.165) is 13.8 Å². The monoisotopic (exact) mass is 985 g/mol. The standard InChI is InChI=1S/C52H59NO18/c1-26-33(68-47(63)39(58)37(29-16-10-7-11-17-29)53-45(61)30-18-12-8-13-19-30)23-52(64)44(70-46(62)31-20-14-9-15-21-31)42-50(6,43(60)41(67-27(2)54)36(26)49(52,4)5)34(22-35-51(42,25-66-35)71-28(3)55)69-48-40(59)38(57)32(56)24-65-48/h7-21,32-35,37-42,44,48,56-59,64H,22-25H2,1-6H3,(H,53,61)/t32?,33?,34?,35?,37?,38?,39?,40?,41?,42?,44?,48?,50-,51+,52-/m1/s1. The zero-order valence-electron chi connectivity index (χ0n) is 40.0. The van der Waals surface area contributed by atoms with Gasteiger partial charge < -0.3 is 64.0 Å². The molecule has 2 heterocycles. The molecular weight excluding hydrogens is 927 g/mol. The minimum atomic E-state index is -2.51. The summed E-state index contributed by atoms with van der Waals surface area (Å²) in [5.74, 6) is -7.31. The number of aliphatic hydroxyl groups is 5. The van der Waals surface area contributed by atoms with Crippen molar-refractivity contribution in [2.24, 2.45) is 16.7 Å². The Morgan fingerprint density at radius 1 is 0.789 bits per heavy atom. The zero-order chi connectivity index (χ0) is 51.4. The number of benzene rings is 3. The van der Waals surface area contributed by atoms with Crippen LogP contribution in [0.15, 0.2) is 102 Å². The van der Waals surface area contributed by atoms with Gasteiger partial charge in [-0.3, -0.25) is 19.2 Å². The van der Waals surface area contributed by atoms with E-state index in [-0.39, 0.29) is 28.7 Å². The Labute approximate surface area is 409 Å². The fourth-order valence-corrected chi connectivity index (χ4v) is 11.4. The number of fused-ring (bicyclic) bond motifs is 5. The van der Waals surface area contributed by atoms with Gasteiger partial charge in [0.25, 0.3) is 5.91 Å². The average molecular weight is 986 g/mol. The van der Waals surface area contributed by atoms with Gasteiger partial charge in [0.1, 0.15) is 42.2 Å². The lowest BCUT2D eigenvalue weighted by atomic mass is 9.44. The number of amides is 1. The number of ether oxygens (including phenoxy) is 7. The maximum Gasteiger partial charge on any atom is 0.338 e. The molecule has 19 heteroatoms. The van der Waals surface area contributed by atoms with Crippen LogP contribution in [-0.4, -0.2) is 147 Å². The highest BCUT2D eigenvalue weighted by molar-refractivity contribution is 5.96. The molecule has 15 atom stereocenters. The van der Waals surface area contributed by atoms with Crippen molar-refractivity contribution in [3.05, 3.63) is 119 Å². The smallest absolute Gasteiger partial charge is 0.338 e. The highest BCUT2D eigenvalue weighted by Gasteiger charge is 2.79. The van der Waals surface area contributed by atoms with Crippen LogP contribution in [0.25, 0.3) is 0 Å². The molecule has 2 bridgehead atoms. The average Bonchev–Trinajstić information content (AvgIpc) is 3.34. The molecule has 8 rings (SSSR count). The highest BCUT2D eigenvalue weighted by atomic mass is 16.7. The van der Waals surface area contributed by atoms with Crippen LogP contribution < -0.4 is 5.32 Å². The minimum absolute atomic E-state index is 0.0120. The first-order valence-electron chi connectivity index (χ1n) is 23.4. The predicted molar refractivity (Wildman–Crippen MR) is 244 cm³/mol. The third-order valence-electron chi connectivity index (χ3n) is 15.2. The molecule has 19 nitrogen and oxygen atoms in total. The Morgan fingerprint density at radius 3 is 1.97 bits per heavy atom. The largest absolute Gasteiger partial charge is 0.456 e. The van der Waals surface area contributed by atoms with Crippen LogP contribution in [-0.2, 0) is 52.3 Å². The molecule has 380 valence electrons. The summed E-state index contributed by atoms with van der Waals surface area (Å²) in [6.45, 7) is 7.24. The van der Waals surface area contributed by atoms with Gasteiger partial charge in [0.15, 0.2) is 29.9 Å². The van der Waals surface area contributed by atoms with Crippen LogP contribution in [0.4, 0.5) is 0 Å². The predicted octanol–water partition coefficient (Wildman–Crippen LogP) is 2.20. The first-order valence-corrected chi connectivity index (χ1v) is 23.4. The number of esters is 4. The van der Waals surface area contributed by atoms with E-state index in [1.807, 2.05) is 0 Å². The van der Waals surface area contributed by atoms with Gasteiger partial charge in [0.05, 0.1) is 42.3 Å². The topological polar surface area (TPSA) is 280 Å². The number of nitrogens with one attached hydrogen (secondary N) is 1. The maximum atomic E-state index is 16.2. The summed E-state index contributed by atoms with van der Waals surface area (Å²) in [5, 5.41) is 60.8. The molecule has 71 heavy (non-hydrogen) atoms. The van der Waals surface area contributed by atoms with Gasteiger partial charge in [0.2, 0.25) is 0 Å². The third kappa shape index (κ3) is 8.96. The number of ketones is 1. The number of carbonyl (C=O) groups is 6. The van der Waals surface area contributed by atoms with Gasteiger partial charge in [0, 0.05) is 37.7 Å². The van der Waals surface area contributed by atoms with Crippen LogP contribution in [0, 0.1) is 16.7 Å². The second kappa shape index (κ2) is 19.6. The SMILES string of the molecule is CC(=O)OC1C(=O)[C@]2(C)C(OC3OCC(O)C(O)C3O)CC3OC[C@@]3(OC(C)=O)C2C(OC(=O)c2ccccc2)[C@]2(O)CC(OC(=O)C(O)C(NC(=O)c3ccccc3)c3ccccc3)C(C)=C1C2(C)C. The molecule has 3 aromatic carbocycles. The first kappa shape index (κ1) is 51.5. The first-order chi connectivity index (χ1) is 33.6. The lowest BCUT2D eigenvalue weighted by Gasteiger charge is -2.68. The highest BCUT2D eigenvalue weighted by Crippen LogP contribution is 2.65. The van der Waals surface area contributed by atoms with Gasteiger partial charge in [-0.15, -0.1) is 0 Å². The fourth-order valence-electron chi connectivity index (χ4n) is 11.4. The van der Waals surface area contributed by atoms with Crippen molar-refractivity contribution in [1.82, 2.24) is 5.32 Å². The summed E-state index contributed by atoms with van der Waals surface area (Å²) in [7, 11) is 0. The molecule has 3 aromatic rings. The van der Waals surface area contributed by atoms with Crippen LogP contribution in [0.2, 0.25) is 0 Å². The Hall–Kier alpha value is -5.90. The van der Waals surface area contributed by atoms with Crippen molar-refractivity contribution in [1.29, 1.82) is 0 Å². The normalized spacial score (nSPS) is 34.8. The maximum absolute atomic E-state index is 16.2. The lowest BCUT2D eigenvalue weighted by molar-refractivity contribution is -0.366. The van der Waals surface area contributed by atoms with E-state index in [9.17, 15) is 49.5 Å². The molecule has 0 spiro atoms. The Balaban J connectivity index is 1.30. The molecule has 6 N–H and O–H groups in total. The van der Waals surface area contributed by atoms with E-state index >= 15 is 4.79 Å². The van der Waals surface area contributed by atoms with Gasteiger partial charge in [-0.05, 0) is 54.8 Å². The van der Waals surface area contributed by atoms with E-state index in [4.69, 9.17) is 33.2 Å². The van der Waals surface area contributed by atoms with Crippen LogP contribution in [0.5, 0.6) is 0 Å². The molecule has 12 unspecified atom stereocenters. The molecule has 0 aromatic heterocycles. The molecule has 5 aliphatic rings. The van der Waals surface area contributed by atoms with E-state index in [1.54, 1.807) is 78.9 Å². The van der Waals surface area contributed by atoms with E-state index in [0.29, 0.717) is 5.56 Å². The number of Topliss-reactive ketones (excluding diaryl/α,β-unsaturated/α-hetero) is 1. The number of carbonyl (C=O) groups excluding carboxylic acids is 6. The summed E-state index contributed by atoms with van der Waals surface area (Å²) < 4.78 is 43.1. The van der Waals surface area contributed by atoms with Crippen LogP contribution in [0.1, 0.15) is 86.7 Å². The van der Waals surface area contributed by atoms with E-state index in [2.05, 4.69) is 5.32 Å². The molecule has 4 fully saturated rings. The molecule has 2 aliphatic heterocycles. The van der Waals surface area contributed by atoms with Crippen molar-refractivity contribution >= 4 is 35.6 Å². The van der Waals surface area contributed by atoms with Gasteiger partial charge in [-0.2, -0.15) is 0 Å². The lowest BCUT2D eigenvalue weighted by Crippen LogP contribution is -2.82. The number of hydrogen-bond donors (Lipinski definition) is 6. The number of hydrogen-bond acceptors (Lipinski definition) is 18. The summed E-state index contributed by atoms with van der Waals surface area (Å²) in [4.78, 5) is 85.6. The molecule has 3 aliphatic carbocycles. The molecule has 2 saturated heterocycles. The number of rotatable bonds is 12. The fraction of sp³-hybridized carbons (Fsp3) is 0.500. The van der Waals surface area contributed by atoms with Crippen molar-refractivity contribution in [2.75, 3.05) is 13.2 Å². The van der Waals surface area contributed by atoms with Gasteiger partial charge in [-0.25, -0.2) is 9.59 Å². The third-order valence-corrected chi connectivity index (χ3v) is 15.2. The molecular formula is C52H59NO18. The summed E-state index contributed by atoms with van der Waals surface area (Å²) >= 11 is 0. The Bertz CT molecular complexity index is 2560. The second-order valence-corrected chi connectivity index (χ2v) is 19.7. The Kier molecular flexibility index (Phi) is 14.2. The summed E-state index contributed by atoms with van der Waals surface area (Å²) in [6.07, 6.45) is -17.9. The van der Waals surface area contributed by atoms with Crippen molar-refractivity contribution < 1.29 is 87.5 Å². The van der Waals surface area contributed by atoms with Gasteiger partial charge in [-0.1, -0.05) is 80.6 Å². The summed E-state index contributed by atoms with van der Waals surface area (Å²) in [5.41, 5.74) is -7.76. The molecule has 2 saturated carbocycles. The molecule has 0 radical (unpaired) electrons. The number of aliphatic hydroxyl groups excluding tert-OH is 4. The van der Waals surface area contributed by atoms with Gasteiger partial charge >= 0.3 is 23.9 Å². The zero-order valence-corrected chi connectivity index (χ0v) is 40.0. The van der Waals surface area contributed by atoms with Crippen LogP contribution in [0.3, 0.4) is 0 Å². The second-order valence-electron chi connectivity index (χ2n) is 19.7. The minimum Gasteiger partial charge on any atom is -0.456 e. The van der Waals surface area contributed by atoms with E-state index < -0.39 is 150 Å². The van der Waals surface area contributed by atoms with E-state index in [1.165, 1.54) is 39.8 Å². The van der Waals surface area contributed by atoms with Crippen LogP contribution >= 0.6 is 0 Å². The van der Waals surface area contributed by atoms with Crippen molar-refractivity contribution in [2.45, 2.75) is 133 Å². The quantitative estimate of drug-likeness (QED) is 0.0862. The Morgan fingerprint density at radius 2 is 1.39 bits per heavy atom. The van der Waals surface area contributed by atoms with Crippen molar-refractivity contribution in [3.8, 4) is 0 Å².